The van der Waals surface area contributed by atoms with E-state index in [2.05, 4.69) is 4.98 Å². The lowest BCUT2D eigenvalue weighted by molar-refractivity contribution is 0.112. The Balaban J connectivity index is 2.30. The van der Waals surface area contributed by atoms with Crippen molar-refractivity contribution in [1.29, 1.82) is 0 Å². The Hall–Kier alpha value is -1.58. The largest absolute Gasteiger partial charge is 0.454 e. The molecule has 0 fully saturated rings. The molecular formula is C12H7Cl2NO2. The van der Waals surface area contributed by atoms with Crippen molar-refractivity contribution in [1.82, 2.24) is 4.98 Å². The Morgan fingerprint density at radius 1 is 1.18 bits per heavy atom. The first kappa shape index (κ1) is 11.9. The summed E-state index contributed by atoms with van der Waals surface area (Å²) in [6, 6.07) is 6.46. The molecule has 1 heterocycles. The van der Waals surface area contributed by atoms with Gasteiger partial charge in [0.25, 0.3) is 0 Å². The van der Waals surface area contributed by atoms with E-state index in [1.54, 1.807) is 24.3 Å². The number of carbonyl (C=O) groups excluding carboxylic acids is 1. The summed E-state index contributed by atoms with van der Waals surface area (Å²) >= 11 is 11.8. The number of rotatable bonds is 3. The van der Waals surface area contributed by atoms with E-state index in [4.69, 9.17) is 27.9 Å². The number of hydrogen-bond donors (Lipinski definition) is 0. The molecule has 0 saturated carbocycles. The van der Waals surface area contributed by atoms with E-state index < -0.39 is 0 Å². The van der Waals surface area contributed by atoms with Gasteiger partial charge in [-0.1, -0.05) is 23.2 Å². The molecule has 5 heteroatoms. The Labute approximate surface area is 108 Å². The van der Waals surface area contributed by atoms with Crippen LogP contribution in [0.25, 0.3) is 0 Å². The molecule has 0 N–H and O–H groups in total. The Morgan fingerprint density at radius 2 is 2.00 bits per heavy atom. The van der Waals surface area contributed by atoms with E-state index in [0.717, 1.165) is 0 Å². The van der Waals surface area contributed by atoms with Gasteiger partial charge in [-0.25, -0.2) is 0 Å². The zero-order chi connectivity index (χ0) is 12.3. The first-order chi connectivity index (χ1) is 8.19. The van der Waals surface area contributed by atoms with Crippen LogP contribution in [0.3, 0.4) is 0 Å². The second-order valence-corrected chi connectivity index (χ2v) is 4.09. The van der Waals surface area contributed by atoms with Gasteiger partial charge in [0.15, 0.2) is 6.29 Å². The summed E-state index contributed by atoms with van der Waals surface area (Å²) < 4.78 is 5.49. The lowest BCUT2D eigenvalue weighted by Crippen LogP contribution is -1.89. The zero-order valence-corrected chi connectivity index (χ0v) is 10.1. The van der Waals surface area contributed by atoms with Crippen LogP contribution >= 0.6 is 23.2 Å². The van der Waals surface area contributed by atoms with Crippen LogP contribution in [0.4, 0.5) is 0 Å². The topological polar surface area (TPSA) is 39.2 Å². The number of aromatic nitrogens is 1. The van der Waals surface area contributed by atoms with Crippen molar-refractivity contribution in [3.63, 3.8) is 0 Å². The Bertz CT molecular complexity index is 558. The van der Waals surface area contributed by atoms with Gasteiger partial charge in [0.2, 0.25) is 0 Å². The minimum Gasteiger partial charge on any atom is -0.454 e. The number of benzene rings is 1. The lowest BCUT2D eigenvalue weighted by atomic mass is 10.3. The molecule has 2 aromatic rings. The normalized spacial score (nSPS) is 10.0. The quantitative estimate of drug-likeness (QED) is 0.790. The average molecular weight is 268 g/mol. The second kappa shape index (κ2) is 5.17. The maximum absolute atomic E-state index is 10.6. The van der Waals surface area contributed by atoms with Crippen LogP contribution in [0.15, 0.2) is 36.7 Å². The molecule has 0 saturated heterocycles. The van der Waals surface area contributed by atoms with Gasteiger partial charge in [-0.3, -0.25) is 9.78 Å². The van der Waals surface area contributed by atoms with Crippen LogP contribution in [-0.2, 0) is 0 Å². The first-order valence-electron chi connectivity index (χ1n) is 4.72. The first-order valence-corrected chi connectivity index (χ1v) is 5.48. The molecule has 1 aromatic carbocycles. The molecule has 0 atom stereocenters. The number of aldehydes is 1. The number of hydrogen-bond acceptors (Lipinski definition) is 3. The Kier molecular flexibility index (Phi) is 3.61. The standard InChI is InChI=1S/C12H7Cl2NO2/c13-9-1-2-11(14)12(4-9)17-10-3-8(7-16)5-15-6-10/h1-7H. The van der Waals surface area contributed by atoms with Crippen LogP contribution in [0.5, 0.6) is 11.5 Å². The lowest BCUT2D eigenvalue weighted by Gasteiger charge is -2.07. The van der Waals surface area contributed by atoms with Crippen LogP contribution in [0.1, 0.15) is 10.4 Å². The van der Waals surface area contributed by atoms with Gasteiger partial charge in [0, 0.05) is 22.8 Å². The van der Waals surface area contributed by atoms with Crippen LogP contribution in [0.2, 0.25) is 10.0 Å². The summed E-state index contributed by atoms with van der Waals surface area (Å²) in [6.07, 6.45) is 3.63. The SMILES string of the molecule is O=Cc1cncc(Oc2cc(Cl)ccc2Cl)c1. The molecule has 1 aromatic heterocycles. The van der Waals surface area contributed by atoms with Crippen LogP contribution in [-0.4, -0.2) is 11.3 Å². The molecule has 86 valence electrons. The minimum absolute atomic E-state index is 0.420. The summed E-state index contributed by atoms with van der Waals surface area (Å²) in [7, 11) is 0. The summed E-state index contributed by atoms with van der Waals surface area (Å²) in [5.41, 5.74) is 0.431. The third-order valence-electron chi connectivity index (χ3n) is 1.99. The molecule has 0 radical (unpaired) electrons. The number of nitrogens with zero attached hydrogens (tertiary/aromatic N) is 1. The smallest absolute Gasteiger partial charge is 0.151 e. The molecule has 0 spiro atoms. The highest BCUT2D eigenvalue weighted by atomic mass is 35.5. The molecule has 0 bridgehead atoms. The fourth-order valence-electron chi connectivity index (χ4n) is 1.24. The summed E-state index contributed by atoms with van der Waals surface area (Å²) in [5, 5.41) is 0.954. The second-order valence-electron chi connectivity index (χ2n) is 3.25. The van der Waals surface area contributed by atoms with Crippen molar-refractivity contribution >= 4 is 29.5 Å². The number of pyridine rings is 1. The maximum atomic E-state index is 10.6. The van der Waals surface area contributed by atoms with Crippen molar-refractivity contribution < 1.29 is 9.53 Å². The zero-order valence-electron chi connectivity index (χ0n) is 8.56. The molecule has 0 amide bonds. The number of halogens is 2. The number of carbonyl (C=O) groups is 1. The highest BCUT2D eigenvalue weighted by molar-refractivity contribution is 6.34. The van der Waals surface area contributed by atoms with Crippen molar-refractivity contribution in [2.24, 2.45) is 0 Å². The third kappa shape index (κ3) is 2.96. The van der Waals surface area contributed by atoms with Gasteiger partial charge in [0.1, 0.15) is 11.5 Å². The average Bonchev–Trinajstić information content (AvgIpc) is 2.34. The van der Waals surface area contributed by atoms with Gasteiger partial charge in [0.05, 0.1) is 11.2 Å². The molecule has 0 unspecified atom stereocenters. The van der Waals surface area contributed by atoms with E-state index in [1.165, 1.54) is 12.4 Å². The van der Waals surface area contributed by atoms with E-state index in [0.29, 0.717) is 33.4 Å². The van der Waals surface area contributed by atoms with Crippen LogP contribution in [0, 0.1) is 0 Å². The number of ether oxygens (including phenoxy) is 1. The third-order valence-corrected chi connectivity index (χ3v) is 2.54. The van der Waals surface area contributed by atoms with Gasteiger partial charge in [-0.05, 0) is 18.2 Å². The van der Waals surface area contributed by atoms with Gasteiger partial charge < -0.3 is 4.74 Å². The predicted octanol–water partition coefficient (Wildman–Crippen LogP) is 3.99. The molecule has 3 nitrogen and oxygen atoms in total. The van der Waals surface area contributed by atoms with E-state index >= 15 is 0 Å². The summed E-state index contributed by atoms with van der Waals surface area (Å²) in [5.74, 6) is 0.850. The van der Waals surface area contributed by atoms with E-state index in [1.807, 2.05) is 0 Å². The highest BCUT2D eigenvalue weighted by Gasteiger charge is 2.05. The fraction of sp³-hybridized carbons (Fsp3) is 0. The maximum Gasteiger partial charge on any atom is 0.151 e. The van der Waals surface area contributed by atoms with E-state index in [9.17, 15) is 4.79 Å². The van der Waals surface area contributed by atoms with Crippen molar-refractivity contribution in [3.8, 4) is 11.5 Å². The monoisotopic (exact) mass is 267 g/mol. The van der Waals surface area contributed by atoms with Gasteiger partial charge >= 0.3 is 0 Å². The predicted molar refractivity (Wildman–Crippen MR) is 66.2 cm³/mol. The molecule has 0 aliphatic rings. The van der Waals surface area contributed by atoms with Gasteiger partial charge in [-0.2, -0.15) is 0 Å². The fourth-order valence-corrected chi connectivity index (χ4v) is 1.56. The highest BCUT2D eigenvalue weighted by Crippen LogP contribution is 2.31. The molecule has 2 rings (SSSR count). The van der Waals surface area contributed by atoms with Crippen molar-refractivity contribution in [3.05, 3.63) is 52.3 Å². The van der Waals surface area contributed by atoms with Gasteiger partial charge in [-0.15, -0.1) is 0 Å². The molecule has 0 aliphatic carbocycles. The van der Waals surface area contributed by atoms with Crippen LogP contribution < -0.4 is 4.74 Å². The molecule has 0 aliphatic heterocycles. The minimum atomic E-state index is 0.420. The van der Waals surface area contributed by atoms with Crippen molar-refractivity contribution in [2.75, 3.05) is 0 Å². The van der Waals surface area contributed by atoms with Crippen molar-refractivity contribution in [2.45, 2.75) is 0 Å². The molecule has 17 heavy (non-hydrogen) atoms. The summed E-state index contributed by atoms with van der Waals surface area (Å²) in [4.78, 5) is 14.5. The van der Waals surface area contributed by atoms with E-state index in [-0.39, 0.29) is 0 Å². The molecular weight excluding hydrogens is 261 g/mol. The Morgan fingerprint density at radius 3 is 2.76 bits per heavy atom. The summed E-state index contributed by atoms with van der Waals surface area (Å²) in [6.45, 7) is 0.